The lowest BCUT2D eigenvalue weighted by atomic mass is 10.1. The number of H-pyrrole nitrogens is 1. The van der Waals surface area contributed by atoms with Gasteiger partial charge in [0.25, 0.3) is 11.8 Å². The second-order valence-electron chi connectivity index (χ2n) is 7.64. The van der Waals surface area contributed by atoms with Crippen LogP contribution in [0.15, 0.2) is 18.2 Å². The van der Waals surface area contributed by atoms with Crippen LogP contribution in [0, 0.1) is 17.0 Å². The van der Waals surface area contributed by atoms with Crippen molar-refractivity contribution in [3.8, 4) is 0 Å². The Morgan fingerprint density at radius 3 is 2.54 bits per heavy atom. The van der Waals surface area contributed by atoms with Gasteiger partial charge in [-0.15, -0.1) is 0 Å². The summed E-state index contributed by atoms with van der Waals surface area (Å²) in [5.74, 6) is -5.80. The molecule has 0 bridgehead atoms. The van der Waals surface area contributed by atoms with Gasteiger partial charge in [-0.05, 0) is 25.0 Å². The average Bonchev–Trinajstić information content (AvgIpc) is 3.01. The monoisotopic (exact) mass is 397 g/mol. The molecule has 0 unspecified atom stereocenters. The SMILES string of the molecule is CC[C@@H](NC(=O)c1cc2cc(F)c(F)cc2[nH]1)C(=O)N1CC[C@]2(C1)CC2(F)F. The third-order valence-electron chi connectivity index (χ3n) is 5.79. The summed E-state index contributed by atoms with van der Waals surface area (Å²) in [6.45, 7) is 1.94. The van der Waals surface area contributed by atoms with E-state index in [1.54, 1.807) is 6.92 Å². The highest BCUT2D eigenvalue weighted by Gasteiger charge is 2.73. The van der Waals surface area contributed by atoms with Crippen molar-refractivity contribution in [3.63, 3.8) is 0 Å². The maximum atomic E-state index is 13.5. The van der Waals surface area contributed by atoms with Gasteiger partial charge in [-0.25, -0.2) is 17.6 Å². The molecule has 1 saturated carbocycles. The normalized spacial score (nSPS) is 24.0. The summed E-state index contributed by atoms with van der Waals surface area (Å²) < 4.78 is 53.7. The zero-order chi connectivity index (χ0) is 20.3. The second-order valence-corrected chi connectivity index (χ2v) is 7.64. The summed E-state index contributed by atoms with van der Waals surface area (Å²) in [7, 11) is 0. The number of carbonyl (C=O) groups is 2. The molecule has 1 aliphatic heterocycles. The lowest BCUT2D eigenvalue weighted by Crippen LogP contribution is -2.47. The zero-order valence-corrected chi connectivity index (χ0v) is 15.1. The largest absolute Gasteiger partial charge is 0.350 e. The van der Waals surface area contributed by atoms with E-state index in [9.17, 15) is 27.2 Å². The van der Waals surface area contributed by atoms with Crippen molar-refractivity contribution >= 4 is 22.7 Å². The number of fused-ring (bicyclic) bond motifs is 1. The van der Waals surface area contributed by atoms with Gasteiger partial charge in [0, 0.05) is 36.5 Å². The maximum absolute atomic E-state index is 13.5. The number of carbonyl (C=O) groups excluding carboxylic acids is 2. The van der Waals surface area contributed by atoms with E-state index in [2.05, 4.69) is 10.3 Å². The molecule has 2 N–H and O–H groups in total. The van der Waals surface area contributed by atoms with Crippen LogP contribution in [0.2, 0.25) is 0 Å². The number of nitrogens with one attached hydrogen (secondary N) is 2. The molecular weight excluding hydrogens is 378 g/mol. The fourth-order valence-corrected chi connectivity index (χ4v) is 3.93. The van der Waals surface area contributed by atoms with Gasteiger partial charge in [-0.3, -0.25) is 9.59 Å². The molecule has 4 rings (SSSR count). The summed E-state index contributed by atoms with van der Waals surface area (Å²) in [5.41, 5.74) is -0.797. The summed E-state index contributed by atoms with van der Waals surface area (Å²) in [4.78, 5) is 29.3. The molecule has 2 atom stereocenters. The van der Waals surface area contributed by atoms with Crippen LogP contribution in [0.5, 0.6) is 0 Å². The molecule has 2 heterocycles. The van der Waals surface area contributed by atoms with Crippen molar-refractivity contribution in [1.29, 1.82) is 0 Å². The predicted molar refractivity (Wildman–Crippen MR) is 93.0 cm³/mol. The summed E-state index contributed by atoms with van der Waals surface area (Å²) in [5, 5.41) is 2.90. The first-order chi connectivity index (χ1) is 13.2. The van der Waals surface area contributed by atoms with Crippen LogP contribution < -0.4 is 5.32 Å². The van der Waals surface area contributed by atoms with Crippen molar-refractivity contribution in [2.75, 3.05) is 13.1 Å². The van der Waals surface area contributed by atoms with Crippen LogP contribution in [0.1, 0.15) is 36.7 Å². The standard InChI is InChI=1S/C19H19F4N3O2/c1-2-13(17(28)26-4-3-18(9-26)8-19(18,22)23)25-16(27)15-6-10-5-11(20)12(21)7-14(10)24-15/h5-7,13,24H,2-4,8-9H2,1H3,(H,25,27)/t13-,18-/m1/s1. The van der Waals surface area contributed by atoms with Gasteiger partial charge in [-0.1, -0.05) is 6.92 Å². The molecule has 150 valence electrons. The van der Waals surface area contributed by atoms with Crippen molar-refractivity contribution in [3.05, 3.63) is 35.5 Å². The molecule has 0 radical (unpaired) electrons. The molecule has 2 fully saturated rings. The number of benzene rings is 1. The molecule has 2 amide bonds. The Morgan fingerprint density at radius 1 is 1.25 bits per heavy atom. The van der Waals surface area contributed by atoms with Crippen LogP contribution in [0.3, 0.4) is 0 Å². The lowest BCUT2D eigenvalue weighted by molar-refractivity contribution is -0.132. The molecule has 28 heavy (non-hydrogen) atoms. The van der Waals surface area contributed by atoms with E-state index in [4.69, 9.17) is 0 Å². The van der Waals surface area contributed by atoms with Gasteiger partial charge >= 0.3 is 0 Å². The van der Waals surface area contributed by atoms with E-state index in [0.717, 1.165) is 12.1 Å². The highest BCUT2D eigenvalue weighted by molar-refractivity contribution is 6.00. The Labute approximate surface area is 158 Å². The Morgan fingerprint density at radius 2 is 1.93 bits per heavy atom. The molecule has 2 aliphatic rings. The molecule has 1 aromatic heterocycles. The number of hydrogen-bond donors (Lipinski definition) is 2. The molecule has 2 aromatic rings. The number of hydrogen-bond acceptors (Lipinski definition) is 2. The first-order valence-corrected chi connectivity index (χ1v) is 9.11. The molecule has 1 spiro atoms. The highest BCUT2D eigenvalue weighted by Crippen LogP contribution is 2.65. The molecule has 1 aliphatic carbocycles. The number of halogens is 4. The Bertz CT molecular complexity index is 934. The summed E-state index contributed by atoms with van der Waals surface area (Å²) in [6, 6.07) is 2.42. The number of rotatable bonds is 4. The van der Waals surface area contributed by atoms with Gasteiger partial charge in [-0.2, -0.15) is 0 Å². The third kappa shape index (κ3) is 2.93. The number of amides is 2. The fraction of sp³-hybridized carbons (Fsp3) is 0.474. The van der Waals surface area contributed by atoms with E-state index < -0.39 is 40.8 Å². The third-order valence-corrected chi connectivity index (χ3v) is 5.79. The minimum absolute atomic E-state index is 0.00382. The van der Waals surface area contributed by atoms with Gasteiger partial charge in [0.15, 0.2) is 11.6 Å². The summed E-state index contributed by atoms with van der Waals surface area (Å²) in [6.07, 6.45) is 0.346. The quantitative estimate of drug-likeness (QED) is 0.779. The molecule has 1 saturated heterocycles. The lowest BCUT2D eigenvalue weighted by Gasteiger charge is -2.23. The van der Waals surface area contributed by atoms with Gasteiger partial charge in [0.05, 0.1) is 5.41 Å². The number of aromatic nitrogens is 1. The molecule has 9 heteroatoms. The number of nitrogens with zero attached hydrogens (tertiary/aromatic N) is 1. The highest BCUT2D eigenvalue weighted by atomic mass is 19.3. The van der Waals surface area contributed by atoms with Crippen molar-refractivity contribution < 1.29 is 27.2 Å². The Balaban J connectivity index is 1.46. The molecule has 1 aromatic carbocycles. The van der Waals surface area contributed by atoms with E-state index in [0.29, 0.717) is 5.39 Å². The maximum Gasteiger partial charge on any atom is 0.268 e. The Hall–Kier alpha value is -2.58. The topological polar surface area (TPSA) is 65.2 Å². The predicted octanol–water partition coefficient (Wildman–Crippen LogP) is 3.21. The molecule has 5 nitrogen and oxygen atoms in total. The van der Waals surface area contributed by atoms with Crippen LogP contribution in [-0.2, 0) is 4.79 Å². The van der Waals surface area contributed by atoms with Gasteiger partial charge in [0.1, 0.15) is 11.7 Å². The molecular formula is C19H19F4N3O2. The average molecular weight is 397 g/mol. The zero-order valence-electron chi connectivity index (χ0n) is 15.1. The van der Waals surface area contributed by atoms with Gasteiger partial charge in [0.2, 0.25) is 5.91 Å². The first kappa shape index (κ1) is 18.8. The van der Waals surface area contributed by atoms with Crippen molar-refractivity contribution in [2.24, 2.45) is 5.41 Å². The Kier molecular flexibility index (Phi) is 4.17. The van der Waals surface area contributed by atoms with E-state index in [-0.39, 0.29) is 43.6 Å². The first-order valence-electron chi connectivity index (χ1n) is 9.11. The van der Waals surface area contributed by atoms with E-state index in [1.165, 1.54) is 11.0 Å². The fourth-order valence-electron chi connectivity index (χ4n) is 3.93. The summed E-state index contributed by atoms with van der Waals surface area (Å²) >= 11 is 0. The minimum Gasteiger partial charge on any atom is -0.350 e. The van der Waals surface area contributed by atoms with Gasteiger partial charge < -0.3 is 15.2 Å². The van der Waals surface area contributed by atoms with Crippen LogP contribution in [0.25, 0.3) is 10.9 Å². The van der Waals surface area contributed by atoms with E-state index >= 15 is 0 Å². The smallest absolute Gasteiger partial charge is 0.268 e. The van der Waals surface area contributed by atoms with Crippen LogP contribution in [0.4, 0.5) is 17.6 Å². The number of alkyl halides is 2. The van der Waals surface area contributed by atoms with E-state index in [1.807, 2.05) is 0 Å². The van der Waals surface area contributed by atoms with Crippen molar-refractivity contribution in [2.45, 2.75) is 38.2 Å². The number of likely N-dealkylation sites (tertiary alicyclic amines) is 1. The number of aromatic amines is 1. The second kappa shape index (κ2) is 6.22. The van der Waals surface area contributed by atoms with Crippen molar-refractivity contribution in [1.82, 2.24) is 15.2 Å². The minimum atomic E-state index is -2.72. The van der Waals surface area contributed by atoms with Crippen LogP contribution >= 0.6 is 0 Å². The van der Waals surface area contributed by atoms with Crippen LogP contribution in [-0.4, -0.2) is 46.8 Å².